The fraction of sp³-hybridized carbons (Fsp3) is 0.217. The summed E-state index contributed by atoms with van der Waals surface area (Å²) in [7, 11) is 0. The largest absolute Gasteiger partial charge is 0.0767 e. The van der Waals surface area contributed by atoms with E-state index in [9.17, 15) is 0 Å². The molecule has 2 unspecified atom stereocenters. The van der Waals surface area contributed by atoms with E-state index in [1.807, 2.05) is 0 Å². The molecule has 0 fully saturated rings. The van der Waals surface area contributed by atoms with Crippen LogP contribution in [0.15, 0.2) is 78.9 Å². The van der Waals surface area contributed by atoms with Gasteiger partial charge in [-0.05, 0) is 41.5 Å². The molecule has 2 aromatic carbocycles. The molecule has 3 aliphatic rings. The van der Waals surface area contributed by atoms with Crippen molar-refractivity contribution < 1.29 is 0 Å². The van der Waals surface area contributed by atoms with Gasteiger partial charge in [0.25, 0.3) is 0 Å². The van der Waals surface area contributed by atoms with Gasteiger partial charge in [0.15, 0.2) is 0 Å². The molecule has 3 aliphatic carbocycles. The predicted octanol–water partition coefficient (Wildman–Crippen LogP) is 5.71. The molecule has 2 aromatic rings. The molecule has 0 spiro atoms. The summed E-state index contributed by atoms with van der Waals surface area (Å²) < 4.78 is 0. The molecule has 0 aromatic heterocycles. The van der Waals surface area contributed by atoms with Gasteiger partial charge in [0.1, 0.15) is 0 Å². The third-order valence-electron chi connectivity index (χ3n) is 5.04. The van der Waals surface area contributed by atoms with Crippen LogP contribution in [-0.4, -0.2) is 0 Å². The molecule has 2 atom stereocenters. The van der Waals surface area contributed by atoms with Gasteiger partial charge in [-0.3, -0.25) is 0 Å². The second kappa shape index (κ2) is 6.42. The Bertz CT molecular complexity index is 753. The van der Waals surface area contributed by atoms with Crippen molar-refractivity contribution in [3.63, 3.8) is 0 Å². The van der Waals surface area contributed by atoms with Crippen LogP contribution in [0, 0.1) is 5.92 Å². The summed E-state index contributed by atoms with van der Waals surface area (Å²) in [4.78, 5) is 0. The molecule has 5 rings (SSSR count). The summed E-state index contributed by atoms with van der Waals surface area (Å²) in [5, 5.41) is 0. The van der Waals surface area contributed by atoms with Crippen molar-refractivity contribution in [3.8, 4) is 0 Å². The quantitative estimate of drug-likeness (QED) is 0.584. The van der Waals surface area contributed by atoms with Gasteiger partial charge in [0.05, 0.1) is 0 Å². The highest BCUT2D eigenvalue weighted by Gasteiger charge is 2.22. The molecule has 0 aliphatic heterocycles. The first kappa shape index (κ1) is 14.3. The van der Waals surface area contributed by atoms with Crippen LogP contribution in [0.4, 0.5) is 0 Å². The van der Waals surface area contributed by atoms with E-state index in [4.69, 9.17) is 0 Å². The van der Waals surface area contributed by atoms with Gasteiger partial charge < -0.3 is 0 Å². The van der Waals surface area contributed by atoms with Crippen LogP contribution in [0.25, 0.3) is 6.08 Å². The monoisotopic (exact) mass is 298 g/mol. The Kier molecular flexibility index (Phi) is 3.98. The van der Waals surface area contributed by atoms with E-state index >= 15 is 0 Å². The highest BCUT2D eigenvalue weighted by Crippen LogP contribution is 2.37. The Labute approximate surface area is 138 Å². The maximum absolute atomic E-state index is 2.30. The molecule has 23 heavy (non-hydrogen) atoms. The maximum Gasteiger partial charge on any atom is 0.0125 e. The molecular weight excluding hydrogens is 276 g/mol. The van der Waals surface area contributed by atoms with Crippen LogP contribution in [0.5, 0.6) is 0 Å². The molecular formula is C23H22. The molecule has 114 valence electrons. The van der Waals surface area contributed by atoms with E-state index in [-0.39, 0.29) is 0 Å². The standard InChI is InChI=1S/C14H12.C9H10/c1-3-7-13-11(5-1)9-10-12-6-2-4-8-14(12)13;1-2-5-9-7-3-6-8(9)4-1/h1-11,13H;1-2,4-5H,3,6-7H2. The van der Waals surface area contributed by atoms with E-state index in [0.29, 0.717) is 11.8 Å². The second-order valence-electron chi connectivity index (χ2n) is 6.48. The minimum absolute atomic E-state index is 0.557. The zero-order valence-electron chi connectivity index (χ0n) is 13.4. The first-order valence-electron chi connectivity index (χ1n) is 8.61. The predicted molar refractivity (Wildman–Crippen MR) is 98.5 cm³/mol. The third-order valence-corrected chi connectivity index (χ3v) is 5.04. The smallest absolute Gasteiger partial charge is 0.0125 e. The Morgan fingerprint density at radius 2 is 1.39 bits per heavy atom. The van der Waals surface area contributed by atoms with Crippen molar-refractivity contribution in [1.29, 1.82) is 0 Å². The van der Waals surface area contributed by atoms with Crippen LogP contribution >= 0.6 is 0 Å². The van der Waals surface area contributed by atoms with Crippen molar-refractivity contribution in [3.05, 3.63) is 101 Å². The Balaban J connectivity index is 0.000000130. The number of hydrogen-bond donors (Lipinski definition) is 0. The van der Waals surface area contributed by atoms with Crippen molar-refractivity contribution in [2.45, 2.75) is 25.2 Å². The van der Waals surface area contributed by atoms with Crippen molar-refractivity contribution in [2.24, 2.45) is 5.92 Å². The van der Waals surface area contributed by atoms with Crippen LogP contribution in [0.2, 0.25) is 0 Å². The van der Waals surface area contributed by atoms with Crippen molar-refractivity contribution in [2.75, 3.05) is 0 Å². The lowest BCUT2D eigenvalue weighted by atomic mass is 9.77. The summed E-state index contributed by atoms with van der Waals surface area (Å²) in [6.07, 6.45) is 17.4. The van der Waals surface area contributed by atoms with Gasteiger partial charge in [-0.1, -0.05) is 85.0 Å². The van der Waals surface area contributed by atoms with Crippen LogP contribution in [0.1, 0.15) is 34.6 Å². The maximum atomic E-state index is 2.30. The Hall–Kier alpha value is -2.34. The number of aryl methyl sites for hydroxylation is 2. The van der Waals surface area contributed by atoms with Gasteiger partial charge in [-0.2, -0.15) is 0 Å². The molecule has 0 N–H and O–H groups in total. The molecule has 0 bridgehead atoms. The fourth-order valence-electron chi connectivity index (χ4n) is 3.81. The Morgan fingerprint density at radius 1 is 0.696 bits per heavy atom. The van der Waals surface area contributed by atoms with E-state index in [1.165, 1.54) is 30.4 Å². The SMILES string of the molecule is C1=CC2C=Cc3ccccc3C2C=C1.c1ccc2c(c1)CCC2. The molecule has 0 saturated heterocycles. The van der Waals surface area contributed by atoms with Gasteiger partial charge in [0.2, 0.25) is 0 Å². The summed E-state index contributed by atoms with van der Waals surface area (Å²) in [6, 6.07) is 17.4. The molecule has 0 nitrogen and oxygen atoms in total. The molecule has 0 amide bonds. The number of hydrogen-bond acceptors (Lipinski definition) is 0. The molecule has 0 heteroatoms. The van der Waals surface area contributed by atoms with E-state index in [0.717, 1.165) is 0 Å². The first-order valence-corrected chi connectivity index (χ1v) is 8.61. The normalized spacial score (nSPS) is 22.6. The Morgan fingerprint density at radius 3 is 2.22 bits per heavy atom. The van der Waals surface area contributed by atoms with E-state index in [1.54, 1.807) is 11.1 Å². The van der Waals surface area contributed by atoms with Crippen LogP contribution in [0.3, 0.4) is 0 Å². The van der Waals surface area contributed by atoms with E-state index < -0.39 is 0 Å². The van der Waals surface area contributed by atoms with Crippen molar-refractivity contribution >= 4 is 6.08 Å². The summed E-state index contributed by atoms with van der Waals surface area (Å²) in [6.45, 7) is 0. The van der Waals surface area contributed by atoms with Gasteiger partial charge in [-0.15, -0.1) is 0 Å². The summed E-state index contributed by atoms with van der Waals surface area (Å²) >= 11 is 0. The molecule has 0 saturated carbocycles. The summed E-state index contributed by atoms with van der Waals surface area (Å²) in [5.74, 6) is 1.12. The highest BCUT2D eigenvalue weighted by molar-refractivity contribution is 5.60. The minimum atomic E-state index is 0.557. The zero-order valence-corrected chi connectivity index (χ0v) is 13.4. The average Bonchev–Trinajstić information content (AvgIpc) is 3.11. The fourth-order valence-corrected chi connectivity index (χ4v) is 3.81. The lowest BCUT2D eigenvalue weighted by Crippen LogP contribution is -2.12. The van der Waals surface area contributed by atoms with Crippen LogP contribution in [-0.2, 0) is 12.8 Å². The van der Waals surface area contributed by atoms with Crippen LogP contribution < -0.4 is 0 Å². The third kappa shape index (κ3) is 2.94. The van der Waals surface area contributed by atoms with Gasteiger partial charge >= 0.3 is 0 Å². The number of rotatable bonds is 0. The minimum Gasteiger partial charge on any atom is -0.0767 e. The summed E-state index contributed by atoms with van der Waals surface area (Å²) in [5.41, 5.74) is 5.96. The highest BCUT2D eigenvalue weighted by atomic mass is 14.3. The molecule has 0 radical (unpaired) electrons. The second-order valence-corrected chi connectivity index (χ2v) is 6.48. The lowest BCUT2D eigenvalue weighted by molar-refractivity contribution is 0.692. The molecule has 0 heterocycles. The van der Waals surface area contributed by atoms with E-state index in [2.05, 4.69) is 85.0 Å². The average molecular weight is 298 g/mol. The van der Waals surface area contributed by atoms with Crippen molar-refractivity contribution in [1.82, 2.24) is 0 Å². The zero-order chi connectivity index (χ0) is 15.5. The number of benzene rings is 2. The number of fused-ring (bicyclic) bond motifs is 4. The lowest BCUT2D eigenvalue weighted by Gasteiger charge is -2.27. The first-order chi connectivity index (χ1) is 11.4. The number of allylic oxidation sites excluding steroid dienone is 5. The topological polar surface area (TPSA) is 0 Å². The van der Waals surface area contributed by atoms with Gasteiger partial charge in [-0.25, -0.2) is 0 Å². The van der Waals surface area contributed by atoms with Gasteiger partial charge in [0, 0.05) is 11.8 Å².